The lowest BCUT2D eigenvalue weighted by atomic mass is 10.0. The zero-order chi connectivity index (χ0) is 13.0. The van der Waals surface area contributed by atoms with Gasteiger partial charge in [-0.15, -0.1) is 0 Å². The van der Waals surface area contributed by atoms with Gasteiger partial charge in [0, 0.05) is 11.1 Å². The second-order valence-electron chi connectivity index (χ2n) is 4.25. The van der Waals surface area contributed by atoms with E-state index in [4.69, 9.17) is 4.74 Å². The topological polar surface area (TPSA) is 9.23 Å². The van der Waals surface area contributed by atoms with E-state index in [1.807, 2.05) is 42.5 Å². The lowest BCUT2D eigenvalue weighted by Gasteiger charge is -2.06. The van der Waals surface area contributed by atoms with Crippen LogP contribution in [0, 0.1) is 25.7 Å². The van der Waals surface area contributed by atoms with Gasteiger partial charge >= 0.3 is 0 Å². The van der Waals surface area contributed by atoms with Crippen LogP contribution in [0.2, 0.25) is 0 Å². The summed E-state index contributed by atoms with van der Waals surface area (Å²) in [6.45, 7) is 4.12. The molecule has 0 N–H and O–H groups in total. The predicted molar refractivity (Wildman–Crippen MR) is 74.9 cm³/mol. The van der Waals surface area contributed by atoms with Crippen molar-refractivity contribution in [1.82, 2.24) is 0 Å². The summed E-state index contributed by atoms with van der Waals surface area (Å²) >= 11 is 0. The van der Waals surface area contributed by atoms with E-state index in [9.17, 15) is 0 Å². The minimum Gasteiger partial charge on any atom is -0.497 e. The van der Waals surface area contributed by atoms with Crippen molar-refractivity contribution in [3.05, 3.63) is 64.7 Å². The van der Waals surface area contributed by atoms with Crippen LogP contribution >= 0.6 is 0 Å². The fourth-order valence-electron chi connectivity index (χ4n) is 1.89. The minimum atomic E-state index is 0.885. The molecular formula is C17H16O. The van der Waals surface area contributed by atoms with E-state index in [1.54, 1.807) is 7.11 Å². The molecule has 0 atom stereocenters. The first-order chi connectivity index (χ1) is 8.70. The lowest BCUT2D eigenvalue weighted by molar-refractivity contribution is 0.414. The molecule has 2 rings (SSSR count). The van der Waals surface area contributed by atoms with Gasteiger partial charge in [-0.05, 0) is 49.2 Å². The Morgan fingerprint density at radius 1 is 0.889 bits per heavy atom. The number of rotatable bonds is 1. The zero-order valence-electron chi connectivity index (χ0n) is 10.9. The summed E-state index contributed by atoms with van der Waals surface area (Å²) in [7, 11) is 1.68. The van der Waals surface area contributed by atoms with E-state index in [-0.39, 0.29) is 0 Å². The zero-order valence-corrected chi connectivity index (χ0v) is 10.9. The van der Waals surface area contributed by atoms with E-state index in [2.05, 4.69) is 25.7 Å². The van der Waals surface area contributed by atoms with E-state index in [0.717, 1.165) is 28.0 Å². The van der Waals surface area contributed by atoms with Crippen molar-refractivity contribution >= 4 is 0 Å². The van der Waals surface area contributed by atoms with Gasteiger partial charge in [-0.25, -0.2) is 0 Å². The molecule has 0 saturated carbocycles. The van der Waals surface area contributed by atoms with Gasteiger partial charge in [0.25, 0.3) is 0 Å². The molecule has 2 aromatic carbocycles. The molecule has 0 aromatic heterocycles. The second-order valence-corrected chi connectivity index (χ2v) is 4.25. The third-order valence-corrected chi connectivity index (χ3v) is 2.85. The van der Waals surface area contributed by atoms with Crippen LogP contribution in [-0.2, 0) is 0 Å². The number of aryl methyl sites for hydroxylation is 2. The molecule has 0 bridgehead atoms. The highest BCUT2D eigenvalue weighted by molar-refractivity contribution is 5.52. The third kappa shape index (κ3) is 2.73. The maximum absolute atomic E-state index is 5.25. The van der Waals surface area contributed by atoms with E-state index >= 15 is 0 Å². The average Bonchev–Trinajstić information content (AvgIpc) is 2.38. The molecule has 0 radical (unpaired) electrons. The molecule has 2 aromatic rings. The average molecular weight is 236 g/mol. The van der Waals surface area contributed by atoms with Crippen LogP contribution in [0.15, 0.2) is 42.5 Å². The molecule has 0 fully saturated rings. The predicted octanol–water partition coefficient (Wildman–Crippen LogP) is 3.71. The number of hydrogen-bond acceptors (Lipinski definition) is 1. The quantitative estimate of drug-likeness (QED) is 0.686. The highest BCUT2D eigenvalue weighted by Gasteiger charge is 2.02. The molecule has 0 aliphatic carbocycles. The molecular weight excluding hydrogens is 220 g/mol. The molecule has 90 valence electrons. The van der Waals surface area contributed by atoms with Crippen LogP contribution < -0.4 is 4.74 Å². The molecule has 1 heteroatoms. The Balaban J connectivity index is 2.39. The first-order valence-electron chi connectivity index (χ1n) is 5.93. The largest absolute Gasteiger partial charge is 0.497 e. The van der Waals surface area contributed by atoms with Crippen LogP contribution in [0.25, 0.3) is 0 Å². The summed E-state index contributed by atoms with van der Waals surface area (Å²) in [6, 6.07) is 14.1. The van der Waals surface area contributed by atoms with Crippen molar-refractivity contribution in [2.24, 2.45) is 0 Å². The molecule has 0 aliphatic rings. The molecule has 0 amide bonds. The number of methoxy groups -OCH3 is 1. The first kappa shape index (κ1) is 12.3. The van der Waals surface area contributed by atoms with Gasteiger partial charge in [-0.1, -0.05) is 30.0 Å². The summed E-state index contributed by atoms with van der Waals surface area (Å²) in [4.78, 5) is 0. The van der Waals surface area contributed by atoms with Gasteiger partial charge in [0.05, 0.1) is 7.11 Å². The highest BCUT2D eigenvalue weighted by Crippen LogP contribution is 2.20. The summed E-state index contributed by atoms with van der Waals surface area (Å²) in [5.74, 6) is 7.32. The van der Waals surface area contributed by atoms with E-state index < -0.39 is 0 Å². The van der Waals surface area contributed by atoms with Gasteiger partial charge in [0.1, 0.15) is 5.75 Å². The standard InChI is InChI=1S/C17H16O/c1-13-11-16(18-3)12-14(2)17(13)10-9-15-7-5-4-6-8-15/h4-8,11-12H,1-3H3. The normalized spacial score (nSPS) is 9.50. The number of hydrogen-bond donors (Lipinski definition) is 0. The van der Waals surface area contributed by atoms with Crippen molar-refractivity contribution in [2.75, 3.05) is 7.11 Å². The Bertz CT molecular complexity index is 577. The Morgan fingerprint density at radius 2 is 1.50 bits per heavy atom. The fraction of sp³-hybridized carbons (Fsp3) is 0.176. The van der Waals surface area contributed by atoms with Crippen LogP contribution in [0.1, 0.15) is 22.3 Å². The Kier molecular flexibility index (Phi) is 3.69. The molecule has 0 saturated heterocycles. The minimum absolute atomic E-state index is 0.885. The molecule has 0 heterocycles. The second kappa shape index (κ2) is 5.42. The van der Waals surface area contributed by atoms with Crippen LogP contribution in [0.4, 0.5) is 0 Å². The third-order valence-electron chi connectivity index (χ3n) is 2.85. The van der Waals surface area contributed by atoms with Crippen LogP contribution in [-0.4, -0.2) is 7.11 Å². The van der Waals surface area contributed by atoms with Crippen LogP contribution in [0.3, 0.4) is 0 Å². The number of benzene rings is 2. The van der Waals surface area contributed by atoms with Gasteiger partial charge in [0.15, 0.2) is 0 Å². The first-order valence-corrected chi connectivity index (χ1v) is 5.93. The van der Waals surface area contributed by atoms with Gasteiger partial charge in [0.2, 0.25) is 0 Å². The van der Waals surface area contributed by atoms with Crippen molar-refractivity contribution < 1.29 is 4.74 Å². The maximum atomic E-state index is 5.25. The fourth-order valence-corrected chi connectivity index (χ4v) is 1.89. The Labute approximate surface area is 108 Å². The molecule has 0 aliphatic heterocycles. The molecule has 0 unspecified atom stereocenters. The van der Waals surface area contributed by atoms with E-state index in [0.29, 0.717) is 0 Å². The van der Waals surface area contributed by atoms with Crippen molar-refractivity contribution in [2.45, 2.75) is 13.8 Å². The smallest absolute Gasteiger partial charge is 0.119 e. The van der Waals surface area contributed by atoms with Crippen LogP contribution in [0.5, 0.6) is 5.75 Å². The Morgan fingerprint density at radius 3 is 2.06 bits per heavy atom. The Hall–Kier alpha value is -2.20. The molecule has 1 nitrogen and oxygen atoms in total. The summed E-state index contributed by atoms with van der Waals surface area (Å²) in [6.07, 6.45) is 0. The lowest BCUT2D eigenvalue weighted by Crippen LogP contribution is -1.91. The van der Waals surface area contributed by atoms with Crippen molar-refractivity contribution in [3.8, 4) is 17.6 Å². The van der Waals surface area contributed by atoms with Crippen molar-refractivity contribution in [1.29, 1.82) is 0 Å². The maximum Gasteiger partial charge on any atom is 0.119 e. The summed E-state index contributed by atoms with van der Waals surface area (Å²) in [5.41, 5.74) is 4.41. The summed E-state index contributed by atoms with van der Waals surface area (Å²) in [5, 5.41) is 0. The van der Waals surface area contributed by atoms with E-state index in [1.165, 1.54) is 0 Å². The van der Waals surface area contributed by atoms with Crippen molar-refractivity contribution in [3.63, 3.8) is 0 Å². The van der Waals surface area contributed by atoms with Gasteiger partial charge in [-0.2, -0.15) is 0 Å². The SMILES string of the molecule is COc1cc(C)c(C#Cc2ccccc2)c(C)c1. The highest BCUT2D eigenvalue weighted by atomic mass is 16.5. The molecule has 18 heavy (non-hydrogen) atoms. The van der Waals surface area contributed by atoms with Gasteiger partial charge < -0.3 is 4.74 Å². The summed E-state index contributed by atoms with van der Waals surface area (Å²) < 4.78 is 5.25. The van der Waals surface area contributed by atoms with Gasteiger partial charge in [-0.3, -0.25) is 0 Å². The molecule has 0 spiro atoms. The number of ether oxygens (including phenoxy) is 1. The monoisotopic (exact) mass is 236 g/mol.